The average molecular weight is 182 g/mol. The Morgan fingerprint density at radius 2 is 2.38 bits per heavy atom. The Labute approximate surface area is 77.4 Å². The van der Waals surface area contributed by atoms with E-state index in [0.29, 0.717) is 18.2 Å². The smallest absolute Gasteiger partial charge is 0.209 e. The lowest BCUT2D eigenvalue weighted by molar-refractivity contribution is -0.119. The first kappa shape index (κ1) is 7.76. The number of carbonyl (C=O) groups excluding carboxylic acids is 1. The second-order valence-electron chi connectivity index (χ2n) is 4.25. The number of likely N-dealkylation sites (N-methyl/N-ethyl adjacent to an activating group) is 1. The minimum Gasteiger partial charge on any atom is -0.370 e. The summed E-state index contributed by atoms with van der Waals surface area (Å²) >= 11 is 0. The fourth-order valence-corrected chi connectivity index (χ4v) is 3.13. The zero-order chi connectivity index (χ0) is 9.00. The highest BCUT2D eigenvalue weighted by molar-refractivity contribution is 5.48. The highest BCUT2D eigenvalue weighted by atomic mass is 16.5. The van der Waals surface area contributed by atoms with E-state index in [4.69, 9.17) is 4.74 Å². The lowest BCUT2D eigenvalue weighted by atomic mass is 10.1. The molecule has 0 unspecified atom stereocenters. The predicted octanol–water partition coefficient (Wildman–Crippen LogP) is -0.701. The van der Waals surface area contributed by atoms with Crippen LogP contribution in [0.3, 0.4) is 0 Å². The molecule has 3 fully saturated rings. The quantitative estimate of drug-likeness (QED) is 0.529. The van der Waals surface area contributed by atoms with Crippen molar-refractivity contribution in [3.05, 3.63) is 0 Å². The minimum absolute atomic E-state index is 0.271. The van der Waals surface area contributed by atoms with Gasteiger partial charge in [-0.25, -0.2) is 0 Å². The van der Waals surface area contributed by atoms with Crippen LogP contribution in [0.2, 0.25) is 0 Å². The minimum atomic E-state index is 0.271. The SMILES string of the molecule is CN(C=O)[C@H]1[C@H]2[C@@H]3CCN2C[C@H]1O3. The van der Waals surface area contributed by atoms with Crippen LogP contribution in [0.5, 0.6) is 0 Å². The van der Waals surface area contributed by atoms with Crippen LogP contribution >= 0.6 is 0 Å². The van der Waals surface area contributed by atoms with Crippen LogP contribution in [0.15, 0.2) is 0 Å². The number of hydrogen-bond acceptors (Lipinski definition) is 3. The standard InChI is InChI=1S/C9H14N2O2/c1-10(5-12)8-7-4-11-3-2-6(13-7)9(8)11/h5-9H,2-4H2,1H3/t6-,7+,8+,9+/m0/s1. The van der Waals surface area contributed by atoms with Gasteiger partial charge in [0.15, 0.2) is 0 Å². The molecule has 0 spiro atoms. The molecule has 3 aliphatic heterocycles. The molecule has 1 amide bonds. The highest BCUT2D eigenvalue weighted by Crippen LogP contribution is 2.41. The molecular weight excluding hydrogens is 168 g/mol. The molecule has 2 bridgehead atoms. The summed E-state index contributed by atoms with van der Waals surface area (Å²) in [6, 6.07) is 0.796. The molecule has 3 rings (SSSR count). The number of nitrogens with zero attached hydrogens (tertiary/aromatic N) is 2. The molecule has 0 aromatic heterocycles. The number of amides is 1. The Bertz CT molecular complexity index is 232. The summed E-state index contributed by atoms with van der Waals surface area (Å²) in [5.41, 5.74) is 0. The Hall–Kier alpha value is -0.610. The van der Waals surface area contributed by atoms with Gasteiger partial charge in [-0.2, -0.15) is 0 Å². The third kappa shape index (κ3) is 0.849. The van der Waals surface area contributed by atoms with Gasteiger partial charge in [0, 0.05) is 20.1 Å². The highest BCUT2D eigenvalue weighted by Gasteiger charge is 2.58. The van der Waals surface area contributed by atoms with Gasteiger partial charge in [-0.3, -0.25) is 9.69 Å². The van der Waals surface area contributed by atoms with Crippen molar-refractivity contribution in [2.45, 2.75) is 30.7 Å². The van der Waals surface area contributed by atoms with Gasteiger partial charge in [0.1, 0.15) is 0 Å². The zero-order valence-electron chi connectivity index (χ0n) is 7.72. The molecule has 0 N–H and O–H groups in total. The number of morpholine rings is 1. The topological polar surface area (TPSA) is 32.8 Å². The van der Waals surface area contributed by atoms with Gasteiger partial charge < -0.3 is 9.64 Å². The molecule has 3 saturated heterocycles. The molecule has 0 radical (unpaired) electrons. The van der Waals surface area contributed by atoms with E-state index in [0.717, 1.165) is 25.9 Å². The number of hydrogen-bond donors (Lipinski definition) is 0. The number of rotatable bonds is 2. The van der Waals surface area contributed by atoms with E-state index in [1.54, 1.807) is 4.90 Å². The maximum atomic E-state index is 10.7. The first-order chi connectivity index (χ1) is 6.31. The lowest BCUT2D eigenvalue weighted by Gasteiger charge is -2.24. The van der Waals surface area contributed by atoms with Crippen molar-refractivity contribution in [2.24, 2.45) is 0 Å². The second kappa shape index (κ2) is 2.45. The molecule has 72 valence electrons. The molecule has 13 heavy (non-hydrogen) atoms. The van der Waals surface area contributed by atoms with Gasteiger partial charge in [-0.1, -0.05) is 0 Å². The van der Waals surface area contributed by atoms with Gasteiger partial charge in [-0.15, -0.1) is 0 Å². The Morgan fingerprint density at radius 1 is 1.54 bits per heavy atom. The monoisotopic (exact) mass is 182 g/mol. The largest absolute Gasteiger partial charge is 0.370 e. The summed E-state index contributed by atoms with van der Waals surface area (Å²) < 4.78 is 5.84. The van der Waals surface area contributed by atoms with Gasteiger partial charge in [-0.05, 0) is 6.42 Å². The van der Waals surface area contributed by atoms with Crippen LogP contribution in [-0.4, -0.2) is 60.6 Å². The molecule has 3 heterocycles. The second-order valence-corrected chi connectivity index (χ2v) is 4.25. The van der Waals surface area contributed by atoms with Gasteiger partial charge in [0.25, 0.3) is 0 Å². The van der Waals surface area contributed by atoms with E-state index >= 15 is 0 Å². The Kier molecular flexibility index (Phi) is 1.46. The van der Waals surface area contributed by atoms with Gasteiger partial charge >= 0.3 is 0 Å². The van der Waals surface area contributed by atoms with E-state index in [1.807, 2.05) is 7.05 Å². The summed E-state index contributed by atoms with van der Waals surface area (Å²) in [4.78, 5) is 14.9. The summed E-state index contributed by atoms with van der Waals surface area (Å²) in [6.45, 7) is 2.17. The van der Waals surface area contributed by atoms with E-state index in [9.17, 15) is 4.79 Å². The number of ether oxygens (including phenoxy) is 1. The molecular formula is C9H14N2O2. The fraction of sp³-hybridized carbons (Fsp3) is 0.889. The summed E-state index contributed by atoms with van der Waals surface area (Å²) in [7, 11) is 1.86. The zero-order valence-corrected chi connectivity index (χ0v) is 7.72. The molecule has 4 nitrogen and oxygen atoms in total. The normalized spacial score (nSPS) is 47.2. The van der Waals surface area contributed by atoms with Crippen molar-refractivity contribution < 1.29 is 9.53 Å². The van der Waals surface area contributed by atoms with E-state index < -0.39 is 0 Å². The maximum Gasteiger partial charge on any atom is 0.209 e. The van der Waals surface area contributed by atoms with Crippen LogP contribution in [0.1, 0.15) is 6.42 Å². The van der Waals surface area contributed by atoms with Crippen molar-refractivity contribution >= 4 is 6.41 Å². The number of fused-ring (bicyclic) bond motifs is 1. The Morgan fingerprint density at radius 3 is 3.08 bits per heavy atom. The molecule has 0 saturated carbocycles. The third-order valence-corrected chi connectivity index (χ3v) is 3.63. The lowest BCUT2D eigenvalue weighted by Crippen LogP contribution is -2.42. The van der Waals surface area contributed by atoms with Crippen LogP contribution in [0.4, 0.5) is 0 Å². The number of carbonyl (C=O) groups is 1. The van der Waals surface area contributed by atoms with Crippen molar-refractivity contribution in [3.63, 3.8) is 0 Å². The molecule has 4 heteroatoms. The van der Waals surface area contributed by atoms with Crippen LogP contribution < -0.4 is 0 Å². The first-order valence-corrected chi connectivity index (χ1v) is 4.88. The predicted molar refractivity (Wildman–Crippen MR) is 46.3 cm³/mol. The molecule has 0 aliphatic carbocycles. The van der Waals surface area contributed by atoms with E-state index in [-0.39, 0.29) is 6.10 Å². The molecule has 3 aliphatic rings. The van der Waals surface area contributed by atoms with E-state index in [1.165, 1.54) is 0 Å². The molecule has 0 aromatic rings. The summed E-state index contributed by atoms with van der Waals surface area (Å²) in [5, 5.41) is 0. The fourth-order valence-electron chi connectivity index (χ4n) is 3.13. The third-order valence-electron chi connectivity index (χ3n) is 3.63. The van der Waals surface area contributed by atoms with Gasteiger partial charge in [0.05, 0.1) is 24.3 Å². The van der Waals surface area contributed by atoms with Gasteiger partial charge in [0.2, 0.25) is 6.41 Å². The maximum absolute atomic E-state index is 10.7. The van der Waals surface area contributed by atoms with E-state index in [2.05, 4.69) is 4.90 Å². The van der Waals surface area contributed by atoms with Crippen molar-refractivity contribution in [2.75, 3.05) is 20.1 Å². The van der Waals surface area contributed by atoms with Crippen molar-refractivity contribution in [1.29, 1.82) is 0 Å². The van der Waals surface area contributed by atoms with Crippen LogP contribution in [-0.2, 0) is 9.53 Å². The van der Waals surface area contributed by atoms with Crippen LogP contribution in [0, 0.1) is 0 Å². The average Bonchev–Trinajstić information content (AvgIpc) is 2.70. The summed E-state index contributed by atoms with van der Waals surface area (Å²) in [6.07, 6.45) is 2.73. The molecule has 0 aromatic carbocycles. The van der Waals surface area contributed by atoms with Crippen LogP contribution in [0.25, 0.3) is 0 Å². The first-order valence-electron chi connectivity index (χ1n) is 4.88. The molecule has 4 atom stereocenters. The summed E-state index contributed by atoms with van der Waals surface area (Å²) in [5.74, 6) is 0. The van der Waals surface area contributed by atoms with Crippen molar-refractivity contribution in [1.82, 2.24) is 9.80 Å². The van der Waals surface area contributed by atoms with Crippen molar-refractivity contribution in [3.8, 4) is 0 Å². The Balaban J connectivity index is 1.89.